The molecule has 0 unspecified atom stereocenters. The quantitative estimate of drug-likeness (QED) is 0.770. The minimum Gasteiger partial charge on any atom is -0.207 e. The molecule has 0 saturated carbocycles. The molecule has 0 aliphatic carbocycles. The predicted molar refractivity (Wildman–Crippen MR) is 87.2 cm³/mol. The molecule has 1 aliphatic heterocycles. The van der Waals surface area contributed by atoms with Crippen molar-refractivity contribution >= 4 is 21.6 Å². The van der Waals surface area contributed by atoms with E-state index < -0.39 is 10.0 Å². The Morgan fingerprint density at radius 3 is 2.38 bits per heavy atom. The third-order valence-electron chi connectivity index (χ3n) is 4.49. The van der Waals surface area contributed by atoms with Crippen molar-refractivity contribution in [2.75, 3.05) is 13.1 Å². The Labute approximate surface area is 133 Å². The van der Waals surface area contributed by atoms with E-state index in [-0.39, 0.29) is 0 Å². The van der Waals surface area contributed by atoms with E-state index in [4.69, 9.17) is 11.6 Å². The van der Waals surface area contributed by atoms with E-state index in [2.05, 4.69) is 13.8 Å². The summed E-state index contributed by atoms with van der Waals surface area (Å²) in [4.78, 5) is 0.380. The summed E-state index contributed by atoms with van der Waals surface area (Å²) in [5.41, 5.74) is 2.04. The molecule has 1 heterocycles. The van der Waals surface area contributed by atoms with Gasteiger partial charge in [-0.25, -0.2) is 8.42 Å². The van der Waals surface area contributed by atoms with E-state index in [1.165, 1.54) is 0 Å². The summed E-state index contributed by atoms with van der Waals surface area (Å²) in [6.45, 7) is 5.49. The highest BCUT2D eigenvalue weighted by Gasteiger charge is 2.29. The van der Waals surface area contributed by atoms with Crippen LogP contribution in [0.25, 0.3) is 0 Å². The molecule has 0 spiro atoms. The highest BCUT2D eigenvalue weighted by molar-refractivity contribution is 7.89. The molecule has 1 aliphatic rings. The Kier molecular flexibility index (Phi) is 5.69. The fourth-order valence-corrected chi connectivity index (χ4v) is 4.71. The lowest BCUT2D eigenvalue weighted by Crippen LogP contribution is -2.38. The molecule has 1 aromatic rings. The maximum atomic E-state index is 12.7. The number of halogens is 1. The van der Waals surface area contributed by atoms with Crippen LogP contribution in [-0.4, -0.2) is 25.8 Å². The van der Waals surface area contributed by atoms with Gasteiger partial charge in [-0.3, -0.25) is 0 Å². The van der Waals surface area contributed by atoms with E-state index in [1.807, 2.05) is 6.07 Å². The van der Waals surface area contributed by atoms with Gasteiger partial charge in [-0.05, 0) is 48.4 Å². The van der Waals surface area contributed by atoms with Gasteiger partial charge in [-0.15, -0.1) is 11.6 Å². The molecule has 5 heteroatoms. The number of piperidine rings is 1. The largest absolute Gasteiger partial charge is 0.243 e. The zero-order chi connectivity index (χ0) is 15.5. The van der Waals surface area contributed by atoms with Gasteiger partial charge in [0.25, 0.3) is 0 Å². The number of rotatable bonds is 5. The number of nitrogens with zero attached hydrogens (tertiary/aromatic N) is 1. The average molecular weight is 330 g/mol. The Hall–Kier alpha value is -0.580. The van der Waals surface area contributed by atoms with Crippen molar-refractivity contribution in [1.29, 1.82) is 0 Å². The zero-order valence-electron chi connectivity index (χ0n) is 12.8. The summed E-state index contributed by atoms with van der Waals surface area (Å²) >= 11 is 5.95. The normalized spacial score (nSPS) is 18.0. The van der Waals surface area contributed by atoms with Gasteiger partial charge in [-0.1, -0.05) is 26.3 Å². The van der Waals surface area contributed by atoms with Crippen LogP contribution in [0, 0.1) is 5.92 Å². The molecular formula is C16H24ClNO2S. The van der Waals surface area contributed by atoms with Gasteiger partial charge >= 0.3 is 0 Å². The van der Waals surface area contributed by atoms with E-state index in [0.29, 0.717) is 29.8 Å². The van der Waals surface area contributed by atoms with Crippen LogP contribution < -0.4 is 0 Å². The van der Waals surface area contributed by atoms with Crippen LogP contribution in [-0.2, 0) is 22.3 Å². The van der Waals surface area contributed by atoms with Crippen molar-refractivity contribution < 1.29 is 8.42 Å². The van der Waals surface area contributed by atoms with E-state index in [0.717, 1.165) is 36.8 Å². The summed E-state index contributed by atoms with van der Waals surface area (Å²) in [5, 5.41) is 0. The molecule has 3 nitrogen and oxygen atoms in total. The van der Waals surface area contributed by atoms with Gasteiger partial charge in [0.05, 0.1) is 4.90 Å². The van der Waals surface area contributed by atoms with Crippen molar-refractivity contribution in [2.24, 2.45) is 5.92 Å². The third kappa shape index (κ3) is 3.61. The van der Waals surface area contributed by atoms with Crippen LogP contribution in [0.2, 0.25) is 0 Å². The molecule has 2 rings (SSSR count). The standard InChI is InChI=1S/C16H24ClNO2S/c1-3-13-7-9-18(10-8-13)21(19,20)16-6-5-14(4-2)15(11-16)12-17/h5-6,11,13H,3-4,7-10,12H2,1-2H3. The molecule has 0 atom stereocenters. The first kappa shape index (κ1) is 16.8. The predicted octanol–water partition coefficient (Wildman–Crippen LogP) is 3.80. The lowest BCUT2D eigenvalue weighted by atomic mass is 9.96. The molecule has 1 saturated heterocycles. The first-order chi connectivity index (χ1) is 10.0. The second-order valence-corrected chi connectivity index (χ2v) is 7.88. The average Bonchev–Trinajstić information content (AvgIpc) is 2.54. The molecule has 1 aromatic carbocycles. The maximum absolute atomic E-state index is 12.7. The lowest BCUT2D eigenvalue weighted by molar-refractivity contribution is 0.269. The van der Waals surface area contributed by atoms with Gasteiger partial charge in [0, 0.05) is 19.0 Å². The first-order valence-corrected chi connectivity index (χ1v) is 9.68. The summed E-state index contributed by atoms with van der Waals surface area (Å²) in [6.07, 6.45) is 3.93. The van der Waals surface area contributed by atoms with Gasteiger partial charge in [0.2, 0.25) is 10.0 Å². The minimum atomic E-state index is -3.38. The maximum Gasteiger partial charge on any atom is 0.243 e. The van der Waals surface area contributed by atoms with Crippen LogP contribution in [0.15, 0.2) is 23.1 Å². The molecule has 0 amide bonds. The fraction of sp³-hybridized carbons (Fsp3) is 0.625. The van der Waals surface area contributed by atoms with E-state index >= 15 is 0 Å². The van der Waals surface area contributed by atoms with Gasteiger partial charge in [0.15, 0.2) is 0 Å². The fourth-order valence-electron chi connectivity index (χ4n) is 2.94. The number of benzene rings is 1. The second-order valence-electron chi connectivity index (χ2n) is 5.67. The molecule has 21 heavy (non-hydrogen) atoms. The SMILES string of the molecule is CCc1ccc(S(=O)(=O)N2CCC(CC)CC2)cc1CCl. The number of hydrogen-bond donors (Lipinski definition) is 0. The molecule has 0 radical (unpaired) electrons. The Bertz CT molecular complexity index is 578. The summed E-state index contributed by atoms with van der Waals surface area (Å²) < 4.78 is 27.1. The number of aryl methyl sites for hydroxylation is 1. The van der Waals surface area contributed by atoms with Crippen molar-refractivity contribution in [3.8, 4) is 0 Å². The molecular weight excluding hydrogens is 306 g/mol. The van der Waals surface area contributed by atoms with E-state index in [9.17, 15) is 8.42 Å². The number of alkyl halides is 1. The topological polar surface area (TPSA) is 37.4 Å². The summed E-state index contributed by atoms with van der Waals surface area (Å²) in [6, 6.07) is 5.35. The Balaban J connectivity index is 2.24. The van der Waals surface area contributed by atoms with Crippen molar-refractivity contribution in [2.45, 2.75) is 50.3 Å². The monoisotopic (exact) mass is 329 g/mol. The third-order valence-corrected chi connectivity index (χ3v) is 6.67. The molecule has 1 fully saturated rings. The Morgan fingerprint density at radius 2 is 1.86 bits per heavy atom. The first-order valence-electron chi connectivity index (χ1n) is 7.70. The highest BCUT2D eigenvalue weighted by Crippen LogP contribution is 2.27. The van der Waals surface area contributed by atoms with Gasteiger partial charge in [-0.2, -0.15) is 4.31 Å². The van der Waals surface area contributed by atoms with Crippen LogP contribution in [0.5, 0.6) is 0 Å². The van der Waals surface area contributed by atoms with Crippen LogP contribution in [0.3, 0.4) is 0 Å². The molecule has 0 aromatic heterocycles. The van der Waals surface area contributed by atoms with Gasteiger partial charge in [0.1, 0.15) is 0 Å². The van der Waals surface area contributed by atoms with Crippen LogP contribution >= 0.6 is 11.6 Å². The minimum absolute atomic E-state index is 0.352. The highest BCUT2D eigenvalue weighted by atomic mass is 35.5. The molecule has 118 valence electrons. The number of hydrogen-bond acceptors (Lipinski definition) is 2. The van der Waals surface area contributed by atoms with E-state index in [1.54, 1.807) is 16.4 Å². The zero-order valence-corrected chi connectivity index (χ0v) is 14.4. The second kappa shape index (κ2) is 7.12. The van der Waals surface area contributed by atoms with Crippen LogP contribution in [0.1, 0.15) is 44.2 Å². The molecule has 0 bridgehead atoms. The van der Waals surface area contributed by atoms with Gasteiger partial charge < -0.3 is 0 Å². The van der Waals surface area contributed by atoms with Crippen LogP contribution in [0.4, 0.5) is 0 Å². The number of sulfonamides is 1. The summed E-state index contributed by atoms with van der Waals surface area (Å²) in [7, 11) is -3.38. The summed E-state index contributed by atoms with van der Waals surface area (Å²) in [5.74, 6) is 1.02. The molecule has 0 N–H and O–H groups in total. The lowest BCUT2D eigenvalue weighted by Gasteiger charge is -2.30. The van der Waals surface area contributed by atoms with Crippen molar-refractivity contribution in [3.05, 3.63) is 29.3 Å². The van der Waals surface area contributed by atoms with Crippen molar-refractivity contribution in [3.63, 3.8) is 0 Å². The Morgan fingerprint density at radius 1 is 1.19 bits per heavy atom. The smallest absolute Gasteiger partial charge is 0.207 e. The van der Waals surface area contributed by atoms with Crippen molar-refractivity contribution in [1.82, 2.24) is 4.31 Å².